The number of hydrogen-bond donors (Lipinski definition) is 1. The number of β-amino-alcohol motifs (C(OH)–C–C–N with tert-alkyl or cyclic N) is 1. The molecule has 0 aliphatic carbocycles. The van der Waals surface area contributed by atoms with Gasteiger partial charge in [0.05, 0.1) is 6.61 Å². The summed E-state index contributed by atoms with van der Waals surface area (Å²) in [6.45, 7) is 4.71. The summed E-state index contributed by atoms with van der Waals surface area (Å²) in [6, 6.07) is 8.37. The average molecular weight is 358 g/mol. The number of aliphatic hydroxyl groups excluding tert-OH is 1. The molecule has 1 unspecified atom stereocenters. The molecule has 0 bridgehead atoms. The van der Waals surface area contributed by atoms with Gasteiger partial charge in [0.2, 0.25) is 11.8 Å². The van der Waals surface area contributed by atoms with Crippen molar-refractivity contribution in [1.82, 2.24) is 9.80 Å². The van der Waals surface area contributed by atoms with Crippen LogP contribution in [0, 0.1) is 12.3 Å². The zero-order valence-corrected chi connectivity index (χ0v) is 15.7. The minimum absolute atomic E-state index is 0.00101. The smallest absolute Gasteiger partial charge is 0.222 e. The van der Waals surface area contributed by atoms with E-state index in [1.165, 1.54) is 11.1 Å². The van der Waals surface area contributed by atoms with Gasteiger partial charge in [0.1, 0.15) is 0 Å². The maximum Gasteiger partial charge on any atom is 0.222 e. The molecule has 1 N–H and O–H groups in total. The van der Waals surface area contributed by atoms with Crippen LogP contribution in [0.1, 0.15) is 43.2 Å². The van der Waals surface area contributed by atoms with Crippen molar-refractivity contribution >= 4 is 11.8 Å². The number of aryl methyl sites for hydroxylation is 2. The first kappa shape index (κ1) is 18.9. The lowest BCUT2D eigenvalue weighted by Crippen LogP contribution is -2.55. The van der Waals surface area contributed by atoms with Crippen LogP contribution >= 0.6 is 0 Å². The van der Waals surface area contributed by atoms with Gasteiger partial charge in [-0.15, -0.1) is 0 Å². The fourth-order valence-electron chi connectivity index (χ4n) is 4.34. The lowest BCUT2D eigenvalue weighted by atomic mass is 9.73. The molecule has 142 valence electrons. The Bertz CT molecular complexity index is 643. The monoisotopic (exact) mass is 358 g/mol. The zero-order chi connectivity index (χ0) is 18.6. The van der Waals surface area contributed by atoms with E-state index in [1.807, 2.05) is 4.90 Å². The number of carbonyl (C=O) groups excluding carboxylic acids is 2. The maximum atomic E-state index is 12.7. The van der Waals surface area contributed by atoms with Crippen molar-refractivity contribution < 1.29 is 14.7 Å². The second kappa shape index (κ2) is 8.21. The zero-order valence-electron chi connectivity index (χ0n) is 15.7. The third kappa shape index (κ3) is 4.44. The molecule has 5 nitrogen and oxygen atoms in total. The van der Waals surface area contributed by atoms with Crippen LogP contribution < -0.4 is 0 Å². The highest BCUT2D eigenvalue weighted by Crippen LogP contribution is 2.39. The molecule has 2 heterocycles. The van der Waals surface area contributed by atoms with Gasteiger partial charge in [0.15, 0.2) is 0 Å². The van der Waals surface area contributed by atoms with E-state index in [2.05, 4.69) is 31.2 Å². The molecule has 1 aromatic rings. The molecule has 2 saturated heterocycles. The Morgan fingerprint density at radius 2 is 1.96 bits per heavy atom. The summed E-state index contributed by atoms with van der Waals surface area (Å²) in [5.41, 5.74) is 2.45. The summed E-state index contributed by atoms with van der Waals surface area (Å²) in [6.07, 6.45) is 4.76. The fourth-order valence-corrected chi connectivity index (χ4v) is 4.34. The summed E-state index contributed by atoms with van der Waals surface area (Å²) < 4.78 is 0. The lowest BCUT2D eigenvalue weighted by Gasteiger charge is -2.48. The predicted molar refractivity (Wildman–Crippen MR) is 101 cm³/mol. The van der Waals surface area contributed by atoms with E-state index in [9.17, 15) is 14.7 Å². The first-order valence-electron chi connectivity index (χ1n) is 9.73. The van der Waals surface area contributed by atoms with E-state index >= 15 is 0 Å². The lowest BCUT2D eigenvalue weighted by molar-refractivity contribution is -0.143. The van der Waals surface area contributed by atoms with E-state index < -0.39 is 0 Å². The van der Waals surface area contributed by atoms with Crippen LogP contribution in [0.15, 0.2) is 24.3 Å². The molecule has 0 saturated carbocycles. The quantitative estimate of drug-likeness (QED) is 0.877. The summed E-state index contributed by atoms with van der Waals surface area (Å²) in [4.78, 5) is 28.6. The van der Waals surface area contributed by atoms with Crippen LogP contribution in [0.3, 0.4) is 0 Å². The number of hydrogen-bond acceptors (Lipinski definition) is 3. The van der Waals surface area contributed by atoms with Gasteiger partial charge in [-0.2, -0.15) is 0 Å². The number of piperidine rings is 2. The van der Waals surface area contributed by atoms with E-state index in [4.69, 9.17) is 0 Å². The van der Waals surface area contributed by atoms with Crippen molar-refractivity contribution in [2.45, 2.75) is 45.4 Å². The van der Waals surface area contributed by atoms with Gasteiger partial charge >= 0.3 is 0 Å². The molecule has 5 heteroatoms. The van der Waals surface area contributed by atoms with Crippen molar-refractivity contribution in [2.24, 2.45) is 5.41 Å². The third-order valence-corrected chi connectivity index (χ3v) is 5.88. The van der Waals surface area contributed by atoms with Crippen LogP contribution in [0.25, 0.3) is 0 Å². The first-order valence-corrected chi connectivity index (χ1v) is 9.73. The molecule has 2 aliphatic rings. The highest BCUT2D eigenvalue weighted by atomic mass is 16.3. The van der Waals surface area contributed by atoms with Crippen molar-refractivity contribution in [2.75, 3.05) is 32.8 Å². The van der Waals surface area contributed by atoms with Crippen LogP contribution in [-0.4, -0.2) is 59.5 Å². The summed E-state index contributed by atoms with van der Waals surface area (Å²) in [5, 5.41) is 9.20. The van der Waals surface area contributed by atoms with Gasteiger partial charge in [-0.05, 0) is 38.2 Å². The average Bonchev–Trinajstić information content (AvgIpc) is 2.65. The Kier molecular flexibility index (Phi) is 5.97. The van der Waals surface area contributed by atoms with Crippen molar-refractivity contribution in [3.8, 4) is 0 Å². The number of amides is 2. The molecular formula is C21H30N2O3. The number of nitrogens with zero attached hydrogens (tertiary/aromatic N) is 2. The number of aliphatic hydroxyl groups is 1. The highest BCUT2D eigenvalue weighted by molar-refractivity contribution is 5.78. The van der Waals surface area contributed by atoms with Gasteiger partial charge in [-0.25, -0.2) is 0 Å². The van der Waals surface area contributed by atoms with Crippen molar-refractivity contribution in [3.63, 3.8) is 0 Å². The largest absolute Gasteiger partial charge is 0.395 e. The molecular weight excluding hydrogens is 328 g/mol. The Hall–Kier alpha value is -1.88. The normalized spacial score (nSPS) is 23.5. The SMILES string of the molecule is Cc1ccc(CCC(=O)N2CCCC3(CCC(=O)N(CCO)C3)C2)cc1. The number of rotatable bonds is 5. The standard InChI is InChI=1S/C21H30N2O3/c1-17-3-5-18(6-4-17)7-8-19(25)22-12-2-10-21(15-22)11-9-20(26)23(16-21)13-14-24/h3-6,24H,2,7-16H2,1H3. The Balaban J connectivity index is 1.58. The third-order valence-electron chi connectivity index (χ3n) is 5.88. The molecule has 2 aliphatic heterocycles. The Morgan fingerprint density at radius 1 is 1.19 bits per heavy atom. The number of benzene rings is 1. The number of likely N-dealkylation sites (tertiary alicyclic amines) is 2. The first-order chi connectivity index (χ1) is 12.5. The fraction of sp³-hybridized carbons (Fsp3) is 0.619. The molecule has 0 aromatic heterocycles. The molecule has 3 rings (SSSR count). The summed E-state index contributed by atoms with van der Waals surface area (Å²) >= 11 is 0. The van der Waals surface area contributed by atoms with Gasteiger partial charge in [-0.1, -0.05) is 29.8 Å². The Morgan fingerprint density at radius 3 is 2.69 bits per heavy atom. The second-order valence-electron chi connectivity index (χ2n) is 7.94. The van der Waals surface area contributed by atoms with Crippen molar-refractivity contribution in [1.29, 1.82) is 0 Å². The van der Waals surface area contributed by atoms with Crippen LogP contribution in [-0.2, 0) is 16.0 Å². The number of carbonyl (C=O) groups is 2. The molecule has 1 atom stereocenters. The van der Waals surface area contributed by atoms with Gasteiger partial charge in [0.25, 0.3) is 0 Å². The topological polar surface area (TPSA) is 60.9 Å². The van der Waals surface area contributed by atoms with E-state index in [-0.39, 0.29) is 23.8 Å². The van der Waals surface area contributed by atoms with E-state index in [0.29, 0.717) is 25.9 Å². The van der Waals surface area contributed by atoms with Gasteiger partial charge in [-0.3, -0.25) is 9.59 Å². The summed E-state index contributed by atoms with van der Waals surface area (Å²) in [5.74, 6) is 0.350. The molecule has 26 heavy (non-hydrogen) atoms. The molecule has 1 aromatic carbocycles. The predicted octanol–water partition coefficient (Wildman–Crippen LogP) is 2.15. The molecule has 0 radical (unpaired) electrons. The van der Waals surface area contributed by atoms with Crippen LogP contribution in [0.5, 0.6) is 0 Å². The molecule has 1 spiro atoms. The Labute approximate surface area is 156 Å². The molecule has 2 fully saturated rings. The minimum Gasteiger partial charge on any atom is -0.395 e. The van der Waals surface area contributed by atoms with Crippen LogP contribution in [0.4, 0.5) is 0 Å². The van der Waals surface area contributed by atoms with Gasteiger partial charge in [0, 0.05) is 44.4 Å². The summed E-state index contributed by atoms with van der Waals surface area (Å²) in [7, 11) is 0. The van der Waals surface area contributed by atoms with Crippen LogP contribution in [0.2, 0.25) is 0 Å². The van der Waals surface area contributed by atoms with Gasteiger partial charge < -0.3 is 14.9 Å². The van der Waals surface area contributed by atoms with E-state index in [0.717, 1.165) is 38.8 Å². The molecule has 2 amide bonds. The second-order valence-corrected chi connectivity index (χ2v) is 7.94. The maximum absolute atomic E-state index is 12.7. The minimum atomic E-state index is 0.00101. The van der Waals surface area contributed by atoms with Crippen molar-refractivity contribution in [3.05, 3.63) is 35.4 Å². The van der Waals surface area contributed by atoms with E-state index in [1.54, 1.807) is 4.90 Å². The highest BCUT2D eigenvalue weighted by Gasteiger charge is 2.42.